The Hall–Kier alpha value is -2.95. The molecule has 0 bridgehead atoms. The van der Waals surface area contributed by atoms with Crippen LogP contribution < -0.4 is 9.47 Å². The second-order valence-electron chi connectivity index (χ2n) is 4.59. The molecule has 5 heteroatoms. The number of hydrogen-bond donors (Lipinski definition) is 1. The Labute approximate surface area is 134 Å². The molecule has 0 unspecified atom stereocenters. The number of esters is 1. The molecule has 0 atom stereocenters. The highest BCUT2D eigenvalue weighted by atomic mass is 16.5. The third-order valence-electron chi connectivity index (χ3n) is 3.05. The highest BCUT2D eigenvalue weighted by Gasteiger charge is 2.14. The molecule has 0 aliphatic carbocycles. The van der Waals surface area contributed by atoms with Gasteiger partial charge in [0.05, 0.1) is 13.7 Å². The lowest BCUT2D eigenvalue weighted by atomic mass is 10.1. The van der Waals surface area contributed by atoms with Crippen molar-refractivity contribution in [1.82, 2.24) is 0 Å². The van der Waals surface area contributed by atoms with Gasteiger partial charge in [0.25, 0.3) is 0 Å². The van der Waals surface area contributed by atoms with Crippen molar-refractivity contribution in [2.24, 2.45) is 0 Å². The molecule has 0 radical (unpaired) electrons. The Morgan fingerprint density at radius 3 is 2.22 bits per heavy atom. The molecule has 2 aromatic rings. The van der Waals surface area contributed by atoms with Crippen LogP contribution in [0.1, 0.15) is 12.5 Å². The van der Waals surface area contributed by atoms with Gasteiger partial charge in [-0.05, 0) is 48.9 Å². The van der Waals surface area contributed by atoms with Crippen LogP contribution in [-0.2, 0) is 9.53 Å². The van der Waals surface area contributed by atoms with E-state index in [0.29, 0.717) is 22.6 Å². The molecule has 1 N–H and O–H groups in total. The van der Waals surface area contributed by atoms with Crippen LogP contribution in [0.4, 0.5) is 0 Å². The van der Waals surface area contributed by atoms with Gasteiger partial charge >= 0.3 is 5.97 Å². The number of carbonyl (C=O) groups excluding carboxylic acids is 1. The SMILES string of the molecule is CCOC(=O)/C(=C\Oc1ccc(O)cc1)c1ccc(OC)cc1. The lowest BCUT2D eigenvalue weighted by Crippen LogP contribution is -2.08. The van der Waals surface area contributed by atoms with E-state index < -0.39 is 5.97 Å². The third-order valence-corrected chi connectivity index (χ3v) is 3.05. The maximum absolute atomic E-state index is 12.1. The molecule has 120 valence electrons. The van der Waals surface area contributed by atoms with Crippen LogP contribution in [0, 0.1) is 0 Å². The molecule has 0 spiro atoms. The second-order valence-corrected chi connectivity index (χ2v) is 4.59. The molecule has 2 aromatic carbocycles. The van der Waals surface area contributed by atoms with E-state index >= 15 is 0 Å². The van der Waals surface area contributed by atoms with E-state index in [2.05, 4.69) is 0 Å². The van der Waals surface area contributed by atoms with Crippen molar-refractivity contribution in [2.75, 3.05) is 13.7 Å². The molecule has 0 aliphatic heterocycles. The molecule has 0 saturated carbocycles. The molecule has 0 aromatic heterocycles. The highest BCUT2D eigenvalue weighted by molar-refractivity contribution is 6.16. The Kier molecular flexibility index (Phi) is 5.63. The molecule has 5 nitrogen and oxygen atoms in total. The first-order chi connectivity index (χ1) is 11.1. The van der Waals surface area contributed by atoms with Crippen molar-refractivity contribution >= 4 is 11.5 Å². The van der Waals surface area contributed by atoms with Gasteiger partial charge in [0.1, 0.15) is 29.1 Å². The van der Waals surface area contributed by atoms with E-state index in [9.17, 15) is 9.90 Å². The maximum atomic E-state index is 12.1. The fourth-order valence-electron chi connectivity index (χ4n) is 1.87. The Balaban J connectivity index is 2.26. The summed E-state index contributed by atoms with van der Waals surface area (Å²) in [6.07, 6.45) is 1.34. The van der Waals surface area contributed by atoms with Gasteiger partial charge in [0.15, 0.2) is 0 Å². The summed E-state index contributed by atoms with van der Waals surface area (Å²) < 4.78 is 15.7. The summed E-state index contributed by atoms with van der Waals surface area (Å²) in [7, 11) is 1.57. The lowest BCUT2D eigenvalue weighted by Gasteiger charge is -2.09. The van der Waals surface area contributed by atoms with Gasteiger partial charge in [-0.15, -0.1) is 0 Å². The first-order valence-electron chi connectivity index (χ1n) is 7.11. The lowest BCUT2D eigenvalue weighted by molar-refractivity contribution is -0.136. The van der Waals surface area contributed by atoms with Crippen LogP contribution in [0.3, 0.4) is 0 Å². The van der Waals surface area contributed by atoms with Crippen molar-refractivity contribution in [1.29, 1.82) is 0 Å². The standard InChI is InChI=1S/C18H18O5/c1-3-22-18(20)17(13-4-8-15(21-2)9-5-13)12-23-16-10-6-14(19)7-11-16/h4-12,19H,3H2,1-2H3/b17-12-. The third kappa shape index (κ3) is 4.51. The van der Waals surface area contributed by atoms with Gasteiger partial charge in [-0.2, -0.15) is 0 Å². The van der Waals surface area contributed by atoms with Crippen molar-refractivity contribution < 1.29 is 24.1 Å². The highest BCUT2D eigenvalue weighted by Crippen LogP contribution is 2.22. The average molecular weight is 314 g/mol. The summed E-state index contributed by atoms with van der Waals surface area (Å²) in [5.41, 5.74) is 0.950. The molecule has 0 fully saturated rings. The zero-order valence-electron chi connectivity index (χ0n) is 13.0. The molecule has 0 amide bonds. The van der Waals surface area contributed by atoms with Gasteiger partial charge in [-0.25, -0.2) is 4.79 Å². The summed E-state index contributed by atoms with van der Waals surface area (Å²) in [6, 6.07) is 13.2. The number of ether oxygens (including phenoxy) is 3. The van der Waals surface area contributed by atoms with Crippen molar-refractivity contribution in [3.63, 3.8) is 0 Å². The Bertz CT molecular complexity index is 672. The number of hydrogen-bond acceptors (Lipinski definition) is 5. The minimum absolute atomic E-state index is 0.141. The molecule has 0 aliphatic rings. The first-order valence-corrected chi connectivity index (χ1v) is 7.11. The van der Waals surface area contributed by atoms with Crippen LogP contribution in [0.25, 0.3) is 5.57 Å². The molecular weight excluding hydrogens is 296 g/mol. The first kappa shape index (κ1) is 16.4. The zero-order valence-corrected chi connectivity index (χ0v) is 13.0. The number of rotatable bonds is 6. The van der Waals surface area contributed by atoms with Gasteiger partial charge in [0, 0.05) is 0 Å². The molecule has 0 saturated heterocycles. The van der Waals surface area contributed by atoms with E-state index in [0.717, 1.165) is 0 Å². The van der Waals surface area contributed by atoms with Gasteiger partial charge in [0.2, 0.25) is 0 Å². The van der Waals surface area contributed by atoms with E-state index in [1.165, 1.54) is 18.4 Å². The fourth-order valence-corrected chi connectivity index (χ4v) is 1.87. The monoisotopic (exact) mass is 314 g/mol. The molecular formula is C18H18O5. The molecule has 0 heterocycles. The zero-order chi connectivity index (χ0) is 16.7. The summed E-state index contributed by atoms with van der Waals surface area (Å²) in [6.45, 7) is 2.01. The van der Waals surface area contributed by atoms with Crippen LogP contribution in [-0.4, -0.2) is 24.8 Å². The summed E-state index contributed by atoms with van der Waals surface area (Å²) >= 11 is 0. The van der Waals surface area contributed by atoms with Crippen LogP contribution >= 0.6 is 0 Å². The fraction of sp³-hybridized carbons (Fsp3) is 0.167. The van der Waals surface area contributed by atoms with Crippen LogP contribution in [0.2, 0.25) is 0 Å². The average Bonchev–Trinajstić information content (AvgIpc) is 2.57. The summed E-state index contributed by atoms with van der Waals surface area (Å²) in [5.74, 6) is 0.855. The number of methoxy groups -OCH3 is 1. The number of phenolic OH excluding ortho intramolecular Hbond substituents is 1. The van der Waals surface area contributed by atoms with E-state index in [1.807, 2.05) is 0 Å². The largest absolute Gasteiger partial charge is 0.508 e. The smallest absolute Gasteiger partial charge is 0.341 e. The van der Waals surface area contributed by atoms with Gasteiger partial charge < -0.3 is 19.3 Å². The van der Waals surface area contributed by atoms with Crippen LogP contribution in [0.5, 0.6) is 17.2 Å². The number of benzene rings is 2. The number of phenols is 1. The van der Waals surface area contributed by atoms with E-state index in [4.69, 9.17) is 14.2 Å². The summed E-state index contributed by atoms with van der Waals surface area (Å²) in [5, 5.41) is 9.26. The van der Waals surface area contributed by atoms with Crippen LogP contribution in [0.15, 0.2) is 54.8 Å². The Morgan fingerprint density at radius 2 is 1.65 bits per heavy atom. The second kappa shape index (κ2) is 7.89. The summed E-state index contributed by atoms with van der Waals surface area (Å²) in [4.78, 5) is 12.1. The minimum atomic E-state index is -0.476. The molecule has 23 heavy (non-hydrogen) atoms. The topological polar surface area (TPSA) is 65.0 Å². The Morgan fingerprint density at radius 1 is 1.04 bits per heavy atom. The maximum Gasteiger partial charge on any atom is 0.341 e. The van der Waals surface area contributed by atoms with Gasteiger partial charge in [-0.1, -0.05) is 12.1 Å². The van der Waals surface area contributed by atoms with Crippen molar-refractivity contribution in [2.45, 2.75) is 6.92 Å². The normalized spacial score (nSPS) is 11.0. The number of aromatic hydroxyl groups is 1. The number of carbonyl (C=O) groups is 1. The van der Waals surface area contributed by atoms with E-state index in [-0.39, 0.29) is 12.4 Å². The van der Waals surface area contributed by atoms with Gasteiger partial charge in [-0.3, -0.25) is 0 Å². The van der Waals surface area contributed by atoms with Crippen molar-refractivity contribution in [3.8, 4) is 17.2 Å². The predicted molar refractivity (Wildman–Crippen MR) is 86.3 cm³/mol. The quantitative estimate of drug-likeness (QED) is 0.503. The van der Waals surface area contributed by atoms with Crippen molar-refractivity contribution in [3.05, 3.63) is 60.4 Å². The van der Waals surface area contributed by atoms with E-state index in [1.54, 1.807) is 50.4 Å². The molecule has 2 rings (SSSR count). The minimum Gasteiger partial charge on any atom is -0.508 e. The predicted octanol–water partition coefficient (Wildman–Crippen LogP) is 3.38.